The van der Waals surface area contributed by atoms with Crippen LogP contribution in [0.15, 0.2) is 48.8 Å². The number of rotatable bonds is 4. The first-order chi connectivity index (χ1) is 10.8. The lowest BCUT2D eigenvalue weighted by atomic mass is 9.98. The van der Waals surface area contributed by atoms with Crippen LogP contribution >= 0.6 is 0 Å². The van der Waals surface area contributed by atoms with E-state index in [4.69, 9.17) is 0 Å². The van der Waals surface area contributed by atoms with Crippen LogP contribution in [0.4, 0.5) is 22.0 Å². The Kier molecular flexibility index (Phi) is 4.92. The smallest absolute Gasteiger partial charge is 0.340 e. The molecule has 0 unspecified atom stereocenters. The number of alkyl halides is 5. The van der Waals surface area contributed by atoms with Gasteiger partial charge in [0, 0.05) is 12.4 Å². The fourth-order valence-corrected chi connectivity index (χ4v) is 2.01. The van der Waals surface area contributed by atoms with E-state index in [0.717, 1.165) is 18.2 Å². The summed E-state index contributed by atoms with van der Waals surface area (Å²) in [6, 6.07) is 5.94. The first-order valence-electron chi connectivity index (χ1n) is 6.44. The number of carbonyl (C=O) groups excluding carboxylic acids is 1. The molecule has 1 aromatic heterocycles. The van der Waals surface area contributed by atoms with E-state index >= 15 is 0 Å². The van der Waals surface area contributed by atoms with Crippen molar-refractivity contribution in [2.45, 2.75) is 18.6 Å². The Balaban J connectivity index is 2.44. The summed E-state index contributed by atoms with van der Waals surface area (Å²) in [6.45, 7) is 0. The minimum absolute atomic E-state index is 0.0295. The summed E-state index contributed by atoms with van der Waals surface area (Å²) in [5, 5.41) is 2.03. The number of pyridine rings is 1. The van der Waals surface area contributed by atoms with Gasteiger partial charge in [0.2, 0.25) is 0 Å². The van der Waals surface area contributed by atoms with Gasteiger partial charge in [-0.3, -0.25) is 9.78 Å². The average molecular weight is 330 g/mol. The molecule has 1 amide bonds. The third kappa shape index (κ3) is 4.24. The summed E-state index contributed by atoms with van der Waals surface area (Å²) in [5.41, 5.74) is -0.613. The molecule has 0 fully saturated rings. The zero-order chi connectivity index (χ0) is 17.0. The van der Waals surface area contributed by atoms with Crippen LogP contribution in [0.2, 0.25) is 0 Å². The van der Waals surface area contributed by atoms with Crippen LogP contribution < -0.4 is 5.32 Å². The Morgan fingerprint density at radius 2 is 1.78 bits per heavy atom. The predicted octanol–water partition coefficient (Wildman–Crippen LogP) is 3.57. The number of hydrogen-bond donors (Lipinski definition) is 1. The van der Waals surface area contributed by atoms with Crippen LogP contribution in [0, 0.1) is 0 Å². The summed E-state index contributed by atoms with van der Waals surface area (Å²) >= 11 is 0. The lowest BCUT2D eigenvalue weighted by Crippen LogP contribution is -2.34. The van der Waals surface area contributed by atoms with Gasteiger partial charge in [-0.15, -0.1) is 0 Å². The number of aromatic nitrogens is 1. The van der Waals surface area contributed by atoms with E-state index in [0.29, 0.717) is 5.56 Å². The molecular weight excluding hydrogens is 319 g/mol. The molecule has 1 aromatic carbocycles. The molecule has 0 aliphatic carbocycles. The summed E-state index contributed by atoms with van der Waals surface area (Å²) in [6.07, 6.45) is -5.15. The molecule has 1 N–H and O–H groups in total. The molecule has 0 aliphatic rings. The van der Waals surface area contributed by atoms with Crippen LogP contribution in [-0.2, 0) is 11.0 Å². The minimum atomic E-state index is -4.58. The number of nitrogens with zero attached hydrogens (tertiary/aromatic N) is 1. The molecular formula is C15H11F5N2O. The minimum Gasteiger partial charge on any atom is -0.340 e. The highest BCUT2D eigenvalue weighted by Crippen LogP contribution is 2.32. The molecule has 122 valence electrons. The van der Waals surface area contributed by atoms with E-state index in [9.17, 15) is 26.7 Å². The van der Waals surface area contributed by atoms with Gasteiger partial charge in [0.25, 0.3) is 5.91 Å². The maximum atomic E-state index is 12.8. The summed E-state index contributed by atoms with van der Waals surface area (Å²) in [5.74, 6) is -1.57. The van der Waals surface area contributed by atoms with Crippen molar-refractivity contribution in [3.63, 3.8) is 0 Å². The predicted molar refractivity (Wildman–Crippen MR) is 71.7 cm³/mol. The van der Waals surface area contributed by atoms with Crippen molar-refractivity contribution >= 4 is 5.91 Å². The van der Waals surface area contributed by atoms with Gasteiger partial charge in [0.15, 0.2) is 0 Å². The van der Waals surface area contributed by atoms with Crippen molar-refractivity contribution in [1.29, 1.82) is 0 Å². The van der Waals surface area contributed by atoms with Gasteiger partial charge in [-0.2, -0.15) is 22.0 Å². The fraction of sp³-hybridized carbons (Fsp3) is 0.200. The van der Waals surface area contributed by atoms with Gasteiger partial charge < -0.3 is 5.32 Å². The number of carbonyl (C=O) groups is 1. The van der Waals surface area contributed by atoms with Crippen LogP contribution in [0.5, 0.6) is 0 Å². The van der Waals surface area contributed by atoms with Crippen molar-refractivity contribution < 1.29 is 26.7 Å². The third-order valence-electron chi connectivity index (χ3n) is 3.05. The van der Waals surface area contributed by atoms with E-state index < -0.39 is 30.1 Å². The van der Waals surface area contributed by atoms with Gasteiger partial charge in [0.1, 0.15) is 0 Å². The Labute approximate surface area is 128 Å². The monoisotopic (exact) mass is 330 g/mol. The van der Waals surface area contributed by atoms with Gasteiger partial charge in [0.05, 0.1) is 11.6 Å². The highest BCUT2D eigenvalue weighted by Gasteiger charge is 2.31. The van der Waals surface area contributed by atoms with Crippen LogP contribution in [0.3, 0.4) is 0 Å². The molecule has 0 spiro atoms. The summed E-state index contributed by atoms with van der Waals surface area (Å²) < 4.78 is 63.4. The van der Waals surface area contributed by atoms with E-state index in [1.54, 1.807) is 0 Å². The van der Waals surface area contributed by atoms with Gasteiger partial charge in [-0.25, -0.2) is 0 Å². The van der Waals surface area contributed by atoms with E-state index in [2.05, 4.69) is 4.98 Å². The zero-order valence-electron chi connectivity index (χ0n) is 11.5. The van der Waals surface area contributed by atoms with Crippen molar-refractivity contribution in [2.24, 2.45) is 0 Å². The highest BCUT2D eigenvalue weighted by molar-refractivity contribution is 5.80. The second-order valence-electron chi connectivity index (χ2n) is 4.65. The Bertz CT molecular complexity index is 673. The largest absolute Gasteiger partial charge is 0.416 e. The van der Waals surface area contributed by atoms with E-state index in [1.165, 1.54) is 30.6 Å². The second kappa shape index (κ2) is 6.72. The van der Waals surface area contributed by atoms with Crippen molar-refractivity contribution in [3.05, 3.63) is 65.5 Å². The number of hydrogen-bond acceptors (Lipinski definition) is 2. The maximum absolute atomic E-state index is 12.8. The summed E-state index contributed by atoms with van der Waals surface area (Å²) in [7, 11) is 0. The van der Waals surface area contributed by atoms with E-state index in [1.807, 2.05) is 5.32 Å². The third-order valence-corrected chi connectivity index (χ3v) is 3.05. The molecule has 0 aliphatic heterocycles. The first kappa shape index (κ1) is 16.9. The molecule has 0 radical (unpaired) electrons. The first-order valence-corrected chi connectivity index (χ1v) is 6.44. The van der Waals surface area contributed by atoms with Gasteiger partial charge in [-0.1, -0.05) is 18.2 Å². The molecule has 8 heteroatoms. The molecule has 1 atom stereocenters. The molecule has 0 saturated carbocycles. The number of amides is 1. The molecule has 2 rings (SSSR count). The van der Waals surface area contributed by atoms with Gasteiger partial charge in [-0.05, 0) is 29.3 Å². The maximum Gasteiger partial charge on any atom is 0.416 e. The van der Waals surface area contributed by atoms with Crippen LogP contribution in [-0.4, -0.2) is 17.3 Å². The SMILES string of the molecule is O=C(N[C@H](c1cccnc1)c1cccc(C(F)(F)F)c1)C(F)F. The molecule has 0 saturated heterocycles. The number of benzene rings is 1. The Morgan fingerprint density at radius 3 is 2.35 bits per heavy atom. The number of halogens is 5. The highest BCUT2D eigenvalue weighted by atomic mass is 19.4. The Morgan fingerprint density at radius 1 is 1.09 bits per heavy atom. The lowest BCUT2D eigenvalue weighted by Gasteiger charge is -2.20. The van der Waals surface area contributed by atoms with Crippen molar-refractivity contribution in [2.75, 3.05) is 0 Å². The molecule has 0 bridgehead atoms. The summed E-state index contributed by atoms with van der Waals surface area (Å²) in [4.78, 5) is 15.1. The van der Waals surface area contributed by atoms with Crippen molar-refractivity contribution in [1.82, 2.24) is 10.3 Å². The van der Waals surface area contributed by atoms with Crippen LogP contribution in [0.1, 0.15) is 22.7 Å². The molecule has 23 heavy (non-hydrogen) atoms. The van der Waals surface area contributed by atoms with E-state index in [-0.39, 0.29) is 5.56 Å². The normalized spacial score (nSPS) is 13.0. The zero-order valence-corrected chi connectivity index (χ0v) is 11.5. The van der Waals surface area contributed by atoms with Crippen molar-refractivity contribution in [3.8, 4) is 0 Å². The fourth-order valence-electron chi connectivity index (χ4n) is 2.01. The average Bonchev–Trinajstić information content (AvgIpc) is 2.52. The quantitative estimate of drug-likeness (QED) is 0.871. The molecule has 1 heterocycles. The number of nitrogens with one attached hydrogen (secondary N) is 1. The molecule has 2 aromatic rings. The van der Waals surface area contributed by atoms with Gasteiger partial charge >= 0.3 is 12.6 Å². The Hall–Kier alpha value is -2.51. The molecule has 3 nitrogen and oxygen atoms in total. The second-order valence-corrected chi connectivity index (χ2v) is 4.65. The topological polar surface area (TPSA) is 42.0 Å². The standard InChI is InChI=1S/C15H11F5N2O/c16-13(17)14(23)22-12(10-4-2-6-21-8-10)9-3-1-5-11(7-9)15(18,19)20/h1-8,12-13H,(H,22,23)/t12-/m0/s1. The van der Waals surface area contributed by atoms with Crippen LogP contribution in [0.25, 0.3) is 0 Å². The lowest BCUT2D eigenvalue weighted by molar-refractivity contribution is -0.137.